The molecule has 0 aliphatic heterocycles. The monoisotopic (exact) mass is 248 g/mol. The third kappa shape index (κ3) is 2.57. The van der Waals surface area contributed by atoms with Gasteiger partial charge in [0.2, 0.25) is 0 Å². The first-order valence-electron chi connectivity index (χ1n) is 6.80. The first-order chi connectivity index (χ1) is 8.55. The normalized spacial score (nSPS) is 25.8. The second-order valence-electron chi connectivity index (χ2n) is 5.74. The standard InChI is InChI=1S/C15H24N2O/c1-5-18-14-8-13(15(14,3)4)17-10-12-9-16-7-6-11(12)2/h6-7,9,13-14,17H,5,8,10H2,1-4H3. The largest absolute Gasteiger partial charge is 0.378 e. The summed E-state index contributed by atoms with van der Waals surface area (Å²) in [5, 5.41) is 3.63. The van der Waals surface area contributed by atoms with Gasteiger partial charge in [-0.3, -0.25) is 4.98 Å². The van der Waals surface area contributed by atoms with Gasteiger partial charge >= 0.3 is 0 Å². The Morgan fingerprint density at radius 3 is 2.89 bits per heavy atom. The van der Waals surface area contributed by atoms with Gasteiger partial charge in [-0.2, -0.15) is 0 Å². The molecule has 2 atom stereocenters. The minimum atomic E-state index is 0.228. The molecule has 2 unspecified atom stereocenters. The van der Waals surface area contributed by atoms with E-state index in [0.29, 0.717) is 12.1 Å². The Kier molecular flexibility index (Phi) is 4.03. The van der Waals surface area contributed by atoms with Gasteiger partial charge in [0.1, 0.15) is 0 Å². The Hall–Kier alpha value is -0.930. The number of aromatic nitrogens is 1. The highest BCUT2D eigenvalue weighted by Crippen LogP contribution is 2.42. The van der Waals surface area contributed by atoms with E-state index in [1.807, 2.05) is 12.4 Å². The van der Waals surface area contributed by atoms with E-state index in [9.17, 15) is 0 Å². The molecular weight excluding hydrogens is 224 g/mol. The third-order valence-corrected chi connectivity index (χ3v) is 4.23. The van der Waals surface area contributed by atoms with Gasteiger partial charge in [0.05, 0.1) is 6.10 Å². The van der Waals surface area contributed by atoms with E-state index in [2.05, 4.69) is 44.1 Å². The number of aryl methyl sites for hydroxylation is 1. The lowest BCUT2D eigenvalue weighted by Gasteiger charge is -2.52. The molecule has 0 aromatic carbocycles. The van der Waals surface area contributed by atoms with Crippen molar-refractivity contribution in [3.05, 3.63) is 29.6 Å². The maximum atomic E-state index is 5.75. The Bertz CT molecular complexity index is 403. The Labute approximate surface area is 110 Å². The number of hydrogen-bond donors (Lipinski definition) is 1. The van der Waals surface area contributed by atoms with Crippen molar-refractivity contribution in [2.75, 3.05) is 6.61 Å². The zero-order chi connectivity index (χ0) is 13.2. The topological polar surface area (TPSA) is 34.1 Å². The highest BCUT2D eigenvalue weighted by atomic mass is 16.5. The number of rotatable bonds is 5. The van der Waals surface area contributed by atoms with Crippen LogP contribution in [0.3, 0.4) is 0 Å². The average molecular weight is 248 g/mol. The summed E-state index contributed by atoms with van der Waals surface area (Å²) in [6, 6.07) is 2.60. The third-order valence-electron chi connectivity index (χ3n) is 4.23. The second-order valence-corrected chi connectivity index (χ2v) is 5.74. The van der Waals surface area contributed by atoms with Crippen molar-refractivity contribution in [3.63, 3.8) is 0 Å². The van der Waals surface area contributed by atoms with Crippen molar-refractivity contribution in [2.24, 2.45) is 5.41 Å². The molecule has 1 aliphatic rings. The van der Waals surface area contributed by atoms with Crippen LogP contribution in [0, 0.1) is 12.3 Å². The molecule has 2 rings (SSSR count). The maximum absolute atomic E-state index is 5.75. The molecule has 0 radical (unpaired) electrons. The van der Waals surface area contributed by atoms with Crippen molar-refractivity contribution >= 4 is 0 Å². The summed E-state index contributed by atoms with van der Waals surface area (Å²) in [6.07, 6.45) is 5.31. The van der Waals surface area contributed by atoms with E-state index in [4.69, 9.17) is 4.74 Å². The first kappa shape index (κ1) is 13.5. The zero-order valence-corrected chi connectivity index (χ0v) is 11.9. The molecule has 3 heteroatoms. The van der Waals surface area contributed by atoms with Crippen LogP contribution >= 0.6 is 0 Å². The Morgan fingerprint density at radius 2 is 2.28 bits per heavy atom. The fourth-order valence-electron chi connectivity index (χ4n) is 2.63. The number of hydrogen-bond acceptors (Lipinski definition) is 3. The van der Waals surface area contributed by atoms with Gasteiger partial charge in [-0.15, -0.1) is 0 Å². The minimum Gasteiger partial charge on any atom is -0.378 e. The summed E-state index contributed by atoms with van der Waals surface area (Å²) in [5.41, 5.74) is 2.82. The molecule has 1 N–H and O–H groups in total. The lowest BCUT2D eigenvalue weighted by Crippen LogP contribution is -2.60. The zero-order valence-electron chi connectivity index (χ0n) is 11.9. The highest BCUT2D eigenvalue weighted by Gasteiger charge is 2.48. The molecule has 1 heterocycles. The maximum Gasteiger partial charge on any atom is 0.0655 e. The Balaban J connectivity index is 1.88. The fourth-order valence-corrected chi connectivity index (χ4v) is 2.63. The second kappa shape index (κ2) is 5.37. The number of pyridine rings is 1. The minimum absolute atomic E-state index is 0.228. The van der Waals surface area contributed by atoms with E-state index in [0.717, 1.165) is 19.6 Å². The first-order valence-corrected chi connectivity index (χ1v) is 6.80. The molecule has 0 spiro atoms. The highest BCUT2D eigenvalue weighted by molar-refractivity contribution is 5.21. The Morgan fingerprint density at radius 1 is 1.50 bits per heavy atom. The molecule has 0 saturated heterocycles. The number of nitrogens with zero attached hydrogens (tertiary/aromatic N) is 1. The van der Waals surface area contributed by atoms with Crippen molar-refractivity contribution < 1.29 is 4.74 Å². The van der Waals surface area contributed by atoms with Gasteiger partial charge in [-0.05, 0) is 37.5 Å². The van der Waals surface area contributed by atoms with Crippen molar-refractivity contribution in [1.82, 2.24) is 10.3 Å². The molecule has 1 aliphatic carbocycles. The molecule has 18 heavy (non-hydrogen) atoms. The van der Waals surface area contributed by atoms with E-state index in [1.165, 1.54) is 11.1 Å². The predicted octanol–water partition coefficient (Wildman–Crippen LogP) is 2.68. The van der Waals surface area contributed by atoms with Crippen molar-refractivity contribution in [2.45, 2.75) is 52.8 Å². The van der Waals surface area contributed by atoms with Crippen LogP contribution in [0.1, 0.15) is 38.3 Å². The molecule has 0 amide bonds. The van der Waals surface area contributed by atoms with E-state index < -0.39 is 0 Å². The van der Waals surface area contributed by atoms with E-state index in [1.54, 1.807) is 0 Å². The summed E-state index contributed by atoms with van der Waals surface area (Å²) in [7, 11) is 0. The number of nitrogens with one attached hydrogen (secondary N) is 1. The molecule has 1 fully saturated rings. The average Bonchev–Trinajstić information content (AvgIpc) is 2.35. The lowest BCUT2D eigenvalue weighted by atomic mass is 9.64. The van der Waals surface area contributed by atoms with Gasteiger partial charge in [-0.1, -0.05) is 13.8 Å². The van der Waals surface area contributed by atoms with Crippen LogP contribution in [-0.4, -0.2) is 23.7 Å². The van der Waals surface area contributed by atoms with Gasteiger partial charge in [0, 0.05) is 37.0 Å². The predicted molar refractivity (Wildman–Crippen MR) is 73.4 cm³/mol. The van der Waals surface area contributed by atoms with Crippen LogP contribution < -0.4 is 5.32 Å². The fraction of sp³-hybridized carbons (Fsp3) is 0.667. The van der Waals surface area contributed by atoms with Crippen molar-refractivity contribution in [3.8, 4) is 0 Å². The smallest absolute Gasteiger partial charge is 0.0655 e. The SMILES string of the molecule is CCOC1CC(NCc2cnccc2C)C1(C)C. The molecular formula is C15H24N2O. The van der Waals surface area contributed by atoms with Crippen LogP contribution in [0.15, 0.2) is 18.5 Å². The summed E-state index contributed by atoms with van der Waals surface area (Å²) < 4.78 is 5.75. The van der Waals surface area contributed by atoms with E-state index in [-0.39, 0.29) is 5.41 Å². The summed E-state index contributed by atoms with van der Waals surface area (Å²) >= 11 is 0. The molecule has 1 aromatic rings. The summed E-state index contributed by atoms with van der Waals surface area (Å²) in [4.78, 5) is 4.18. The van der Waals surface area contributed by atoms with Gasteiger partial charge in [0.15, 0.2) is 0 Å². The van der Waals surface area contributed by atoms with Gasteiger partial charge in [-0.25, -0.2) is 0 Å². The van der Waals surface area contributed by atoms with Gasteiger partial charge < -0.3 is 10.1 Å². The summed E-state index contributed by atoms with van der Waals surface area (Å²) in [6.45, 7) is 10.5. The van der Waals surface area contributed by atoms with Crippen LogP contribution in [0.5, 0.6) is 0 Å². The van der Waals surface area contributed by atoms with Crippen molar-refractivity contribution in [1.29, 1.82) is 0 Å². The van der Waals surface area contributed by atoms with Crippen LogP contribution in [0.4, 0.5) is 0 Å². The molecule has 1 saturated carbocycles. The number of ether oxygens (including phenoxy) is 1. The van der Waals surface area contributed by atoms with E-state index >= 15 is 0 Å². The lowest BCUT2D eigenvalue weighted by molar-refractivity contribution is -0.114. The quantitative estimate of drug-likeness (QED) is 0.870. The van der Waals surface area contributed by atoms with Crippen LogP contribution in [0.2, 0.25) is 0 Å². The summed E-state index contributed by atoms with van der Waals surface area (Å²) in [5.74, 6) is 0. The molecule has 100 valence electrons. The molecule has 1 aromatic heterocycles. The van der Waals surface area contributed by atoms with Crippen LogP contribution in [-0.2, 0) is 11.3 Å². The molecule has 3 nitrogen and oxygen atoms in total. The van der Waals surface area contributed by atoms with Crippen LogP contribution in [0.25, 0.3) is 0 Å². The molecule has 0 bridgehead atoms. The van der Waals surface area contributed by atoms with Gasteiger partial charge in [0.25, 0.3) is 0 Å².